The molecule has 3 unspecified atom stereocenters. The molecule has 1 aromatic rings. The van der Waals surface area contributed by atoms with Crippen molar-refractivity contribution in [1.29, 1.82) is 0 Å². The Bertz CT molecular complexity index is 385. The number of fused-ring (bicyclic) bond motifs is 1. The van der Waals surface area contributed by atoms with Crippen LogP contribution in [0.5, 0.6) is 0 Å². The average molecular weight is 229 g/mol. The van der Waals surface area contributed by atoms with E-state index >= 15 is 0 Å². The highest BCUT2D eigenvalue weighted by molar-refractivity contribution is 5.25. The van der Waals surface area contributed by atoms with Gasteiger partial charge >= 0.3 is 0 Å². The van der Waals surface area contributed by atoms with Crippen molar-refractivity contribution in [2.24, 2.45) is 11.8 Å². The maximum atomic E-state index is 3.75. The van der Waals surface area contributed by atoms with Gasteiger partial charge in [0.25, 0.3) is 0 Å². The Hall–Kier alpha value is -0.820. The summed E-state index contributed by atoms with van der Waals surface area (Å²) in [5.41, 5.74) is 2.99. The van der Waals surface area contributed by atoms with Crippen LogP contribution in [0.1, 0.15) is 36.8 Å². The minimum atomic E-state index is 0.794. The van der Waals surface area contributed by atoms with Crippen LogP contribution in [0.3, 0.4) is 0 Å². The van der Waals surface area contributed by atoms with Gasteiger partial charge < -0.3 is 5.32 Å². The molecule has 1 aliphatic carbocycles. The number of aryl methyl sites for hydroxylation is 2. The lowest BCUT2D eigenvalue weighted by atomic mass is 9.90. The summed E-state index contributed by atoms with van der Waals surface area (Å²) in [6.45, 7) is 3.51. The van der Waals surface area contributed by atoms with Crippen molar-refractivity contribution in [1.82, 2.24) is 5.32 Å². The van der Waals surface area contributed by atoms with Crippen LogP contribution in [0.25, 0.3) is 0 Å². The standard InChI is InChI=1S/C16H23N/c1-12-5-2-3-6-13(12)9-10-16-15-8-4-7-14(15)11-17-16/h2-3,5-6,14-17H,4,7-11H2,1H3. The van der Waals surface area contributed by atoms with Crippen LogP contribution in [0.4, 0.5) is 0 Å². The average Bonchev–Trinajstić information content (AvgIpc) is 2.91. The lowest BCUT2D eigenvalue weighted by Crippen LogP contribution is -2.27. The van der Waals surface area contributed by atoms with Gasteiger partial charge in [0.15, 0.2) is 0 Å². The highest BCUT2D eigenvalue weighted by Crippen LogP contribution is 2.39. The summed E-state index contributed by atoms with van der Waals surface area (Å²) in [5.74, 6) is 1.98. The van der Waals surface area contributed by atoms with Gasteiger partial charge in [-0.25, -0.2) is 0 Å². The Labute approximate surface area is 105 Å². The lowest BCUT2D eigenvalue weighted by molar-refractivity contribution is 0.393. The van der Waals surface area contributed by atoms with Crippen molar-refractivity contribution in [3.05, 3.63) is 35.4 Å². The summed E-state index contributed by atoms with van der Waals surface area (Å²) >= 11 is 0. The molecule has 0 spiro atoms. The molecule has 3 rings (SSSR count). The van der Waals surface area contributed by atoms with Gasteiger partial charge in [0.1, 0.15) is 0 Å². The van der Waals surface area contributed by atoms with Gasteiger partial charge in [0.05, 0.1) is 0 Å². The summed E-state index contributed by atoms with van der Waals surface area (Å²) in [4.78, 5) is 0. The van der Waals surface area contributed by atoms with Gasteiger partial charge in [0.2, 0.25) is 0 Å². The molecule has 1 saturated carbocycles. The summed E-state index contributed by atoms with van der Waals surface area (Å²) in [6.07, 6.45) is 6.98. The van der Waals surface area contributed by atoms with Crippen molar-refractivity contribution in [3.63, 3.8) is 0 Å². The minimum Gasteiger partial charge on any atom is -0.313 e. The van der Waals surface area contributed by atoms with Crippen molar-refractivity contribution >= 4 is 0 Å². The van der Waals surface area contributed by atoms with Crippen molar-refractivity contribution in [2.45, 2.75) is 45.1 Å². The molecular formula is C16H23N. The number of rotatable bonds is 3. The highest BCUT2D eigenvalue weighted by Gasteiger charge is 2.38. The first-order valence-corrected chi connectivity index (χ1v) is 7.12. The molecule has 1 saturated heterocycles. The molecular weight excluding hydrogens is 206 g/mol. The molecule has 0 aromatic heterocycles. The van der Waals surface area contributed by atoms with E-state index in [0.29, 0.717) is 0 Å². The molecule has 17 heavy (non-hydrogen) atoms. The second-order valence-electron chi connectivity index (χ2n) is 5.83. The van der Waals surface area contributed by atoms with E-state index < -0.39 is 0 Å². The van der Waals surface area contributed by atoms with Crippen LogP contribution in [-0.2, 0) is 6.42 Å². The van der Waals surface area contributed by atoms with Crippen LogP contribution in [0, 0.1) is 18.8 Å². The third-order valence-corrected chi connectivity index (χ3v) is 4.86. The monoisotopic (exact) mass is 229 g/mol. The first-order chi connectivity index (χ1) is 8.34. The van der Waals surface area contributed by atoms with E-state index in [1.165, 1.54) is 49.8 Å². The molecule has 1 nitrogen and oxygen atoms in total. The summed E-state index contributed by atoms with van der Waals surface area (Å²) in [6, 6.07) is 9.62. The molecule has 0 amide bonds. The van der Waals surface area contributed by atoms with E-state index in [9.17, 15) is 0 Å². The minimum absolute atomic E-state index is 0.794. The van der Waals surface area contributed by atoms with Gasteiger partial charge in [0, 0.05) is 6.04 Å². The molecule has 1 heterocycles. The maximum Gasteiger partial charge on any atom is 0.0102 e. The molecule has 3 atom stereocenters. The van der Waals surface area contributed by atoms with Gasteiger partial charge in [-0.3, -0.25) is 0 Å². The zero-order valence-corrected chi connectivity index (χ0v) is 10.8. The van der Waals surface area contributed by atoms with E-state index in [0.717, 1.165) is 17.9 Å². The lowest BCUT2D eigenvalue weighted by Gasteiger charge is -2.18. The second kappa shape index (κ2) is 4.81. The van der Waals surface area contributed by atoms with E-state index in [1.807, 2.05) is 0 Å². The number of benzene rings is 1. The van der Waals surface area contributed by atoms with E-state index in [4.69, 9.17) is 0 Å². The fourth-order valence-corrected chi connectivity index (χ4v) is 3.82. The summed E-state index contributed by atoms with van der Waals surface area (Å²) < 4.78 is 0. The van der Waals surface area contributed by atoms with Crippen molar-refractivity contribution in [3.8, 4) is 0 Å². The van der Waals surface area contributed by atoms with Crippen molar-refractivity contribution in [2.75, 3.05) is 6.54 Å². The van der Waals surface area contributed by atoms with Gasteiger partial charge in [-0.2, -0.15) is 0 Å². The highest BCUT2D eigenvalue weighted by atomic mass is 15.0. The maximum absolute atomic E-state index is 3.75. The van der Waals surface area contributed by atoms with Gasteiger partial charge in [-0.15, -0.1) is 0 Å². The predicted octanol–water partition coefficient (Wildman–Crippen LogP) is 3.32. The SMILES string of the molecule is Cc1ccccc1CCC1NCC2CCCC21. The Morgan fingerprint density at radius 3 is 3.00 bits per heavy atom. The predicted molar refractivity (Wildman–Crippen MR) is 72.1 cm³/mol. The molecule has 2 aliphatic rings. The van der Waals surface area contributed by atoms with Crippen LogP contribution >= 0.6 is 0 Å². The molecule has 1 aromatic carbocycles. The van der Waals surface area contributed by atoms with E-state index in [-0.39, 0.29) is 0 Å². The first kappa shape index (κ1) is 11.3. The Balaban J connectivity index is 1.60. The van der Waals surface area contributed by atoms with Crippen LogP contribution < -0.4 is 5.32 Å². The molecule has 1 N–H and O–H groups in total. The largest absolute Gasteiger partial charge is 0.313 e. The van der Waals surface area contributed by atoms with Crippen LogP contribution in [0.2, 0.25) is 0 Å². The Morgan fingerprint density at radius 2 is 2.12 bits per heavy atom. The van der Waals surface area contributed by atoms with E-state index in [1.54, 1.807) is 0 Å². The molecule has 0 radical (unpaired) electrons. The van der Waals surface area contributed by atoms with Crippen LogP contribution in [-0.4, -0.2) is 12.6 Å². The molecule has 92 valence electrons. The third-order valence-electron chi connectivity index (χ3n) is 4.86. The van der Waals surface area contributed by atoms with E-state index in [2.05, 4.69) is 36.5 Å². The Kier molecular flexibility index (Phi) is 3.19. The van der Waals surface area contributed by atoms with Gasteiger partial charge in [-0.05, 0) is 62.1 Å². The Morgan fingerprint density at radius 1 is 1.24 bits per heavy atom. The number of hydrogen-bond acceptors (Lipinski definition) is 1. The smallest absolute Gasteiger partial charge is 0.0102 e. The van der Waals surface area contributed by atoms with Gasteiger partial charge in [-0.1, -0.05) is 30.7 Å². The normalized spacial score (nSPS) is 31.7. The quantitative estimate of drug-likeness (QED) is 0.838. The fraction of sp³-hybridized carbons (Fsp3) is 0.625. The first-order valence-electron chi connectivity index (χ1n) is 7.12. The zero-order valence-electron chi connectivity index (χ0n) is 10.8. The van der Waals surface area contributed by atoms with Crippen molar-refractivity contribution < 1.29 is 0 Å². The summed E-state index contributed by atoms with van der Waals surface area (Å²) in [5, 5.41) is 3.75. The zero-order chi connectivity index (χ0) is 11.7. The number of nitrogens with one attached hydrogen (secondary N) is 1. The third kappa shape index (κ3) is 2.26. The molecule has 0 bridgehead atoms. The molecule has 1 aliphatic heterocycles. The second-order valence-corrected chi connectivity index (χ2v) is 5.83. The molecule has 1 heteroatoms. The fourth-order valence-electron chi connectivity index (χ4n) is 3.82. The van der Waals surface area contributed by atoms with Crippen LogP contribution in [0.15, 0.2) is 24.3 Å². The summed E-state index contributed by atoms with van der Waals surface area (Å²) in [7, 11) is 0. The topological polar surface area (TPSA) is 12.0 Å². The molecule has 2 fully saturated rings. The number of hydrogen-bond donors (Lipinski definition) is 1.